The van der Waals surface area contributed by atoms with Crippen LogP contribution >= 0.6 is 0 Å². The van der Waals surface area contributed by atoms with E-state index in [1.807, 2.05) is 6.92 Å². The van der Waals surface area contributed by atoms with E-state index < -0.39 is 10.0 Å². The molecule has 1 aliphatic heterocycles. The lowest BCUT2D eigenvalue weighted by molar-refractivity contribution is 0.215. The van der Waals surface area contributed by atoms with Crippen LogP contribution < -0.4 is 5.73 Å². The van der Waals surface area contributed by atoms with Gasteiger partial charge in [0.2, 0.25) is 10.0 Å². The quantitative estimate of drug-likeness (QED) is 0.707. The molecule has 0 aliphatic carbocycles. The molecule has 0 spiro atoms. The van der Waals surface area contributed by atoms with E-state index in [1.54, 1.807) is 4.31 Å². The first-order valence-electron chi connectivity index (χ1n) is 5.19. The predicted molar refractivity (Wildman–Crippen MR) is 59.0 cm³/mol. The molecule has 1 rings (SSSR count). The molecule has 1 fully saturated rings. The smallest absolute Gasteiger partial charge is 0.216 e. The topological polar surface area (TPSA) is 72.6 Å². The predicted octanol–water partition coefficient (Wildman–Crippen LogP) is -0.368. The van der Waals surface area contributed by atoms with E-state index >= 15 is 0 Å². The molecular formula is C9H20N2O3S. The van der Waals surface area contributed by atoms with Crippen molar-refractivity contribution in [2.75, 3.05) is 32.6 Å². The minimum absolute atomic E-state index is 0.0606. The van der Waals surface area contributed by atoms with Crippen molar-refractivity contribution in [1.82, 2.24) is 4.31 Å². The molecule has 1 saturated heterocycles. The third-order valence-electron chi connectivity index (χ3n) is 2.84. The first-order chi connectivity index (χ1) is 7.01. The third-order valence-corrected chi connectivity index (χ3v) is 4.75. The lowest BCUT2D eigenvalue weighted by Crippen LogP contribution is -2.37. The average Bonchev–Trinajstić information content (AvgIpc) is 2.57. The summed E-state index contributed by atoms with van der Waals surface area (Å²) in [7, 11) is -1.66. The van der Waals surface area contributed by atoms with Crippen LogP contribution in [0.4, 0.5) is 0 Å². The molecule has 90 valence electrons. The number of nitrogens with zero attached hydrogens (tertiary/aromatic N) is 1. The Hall–Kier alpha value is -0.170. The van der Waals surface area contributed by atoms with Gasteiger partial charge < -0.3 is 10.5 Å². The van der Waals surface area contributed by atoms with Gasteiger partial charge in [-0.3, -0.25) is 0 Å². The molecular weight excluding hydrogens is 216 g/mol. The zero-order chi connectivity index (χ0) is 11.5. The molecule has 0 amide bonds. The Morgan fingerprint density at radius 2 is 2.20 bits per heavy atom. The molecule has 1 heterocycles. The molecule has 6 heteroatoms. The van der Waals surface area contributed by atoms with Crippen LogP contribution in [0.15, 0.2) is 0 Å². The highest BCUT2D eigenvalue weighted by Crippen LogP contribution is 2.25. The van der Waals surface area contributed by atoms with E-state index in [2.05, 4.69) is 0 Å². The first-order valence-corrected chi connectivity index (χ1v) is 6.80. The van der Waals surface area contributed by atoms with Crippen LogP contribution in [0, 0.1) is 5.92 Å². The molecule has 0 saturated carbocycles. The molecule has 5 nitrogen and oxygen atoms in total. The van der Waals surface area contributed by atoms with Gasteiger partial charge in [-0.05, 0) is 25.8 Å². The van der Waals surface area contributed by atoms with Crippen molar-refractivity contribution < 1.29 is 13.2 Å². The summed E-state index contributed by atoms with van der Waals surface area (Å²) in [6.07, 6.45) is 0.864. The van der Waals surface area contributed by atoms with Gasteiger partial charge in [-0.25, -0.2) is 8.42 Å². The highest BCUT2D eigenvalue weighted by Gasteiger charge is 2.35. The molecule has 0 aromatic heterocycles. The van der Waals surface area contributed by atoms with Gasteiger partial charge in [-0.15, -0.1) is 0 Å². The van der Waals surface area contributed by atoms with Gasteiger partial charge >= 0.3 is 0 Å². The second-order valence-electron chi connectivity index (χ2n) is 4.06. The van der Waals surface area contributed by atoms with Crippen molar-refractivity contribution in [3.05, 3.63) is 0 Å². The Balaban J connectivity index is 2.63. The Morgan fingerprint density at radius 3 is 2.67 bits per heavy atom. The molecule has 1 aliphatic rings. The first kappa shape index (κ1) is 12.9. The van der Waals surface area contributed by atoms with E-state index in [0.29, 0.717) is 19.0 Å². The average molecular weight is 236 g/mol. The Morgan fingerprint density at radius 1 is 1.53 bits per heavy atom. The summed E-state index contributed by atoms with van der Waals surface area (Å²) in [6.45, 7) is 3.29. The van der Waals surface area contributed by atoms with Gasteiger partial charge in [0, 0.05) is 19.7 Å². The van der Waals surface area contributed by atoms with E-state index in [1.165, 1.54) is 7.11 Å². The number of hydrogen-bond acceptors (Lipinski definition) is 4. The molecule has 2 atom stereocenters. The maximum atomic E-state index is 11.9. The zero-order valence-corrected chi connectivity index (χ0v) is 10.2. The molecule has 0 bridgehead atoms. The second-order valence-corrected chi connectivity index (χ2v) is 6.11. The zero-order valence-electron chi connectivity index (χ0n) is 9.35. The fourth-order valence-corrected chi connectivity index (χ4v) is 3.66. The molecule has 15 heavy (non-hydrogen) atoms. The number of hydrogen-bond donors (Lipinski definition) is 1. The van der Waals surface area contributed by atoms with Crippen LogP contribution in [-0.4, -0.2) is 51.3 Å². The van der Waals surface area contributed by atoms with Crippen molar-refractivity contribution in [1.29, 1.82) is 0 Å². The highest BCUT2D eigenvalue weighted by atomic mass is 32.2. The summed E-state index contributed by atoms with van der Waals surface area (Å²) >= 11 is 0. The summed E-state index contributed by atoms with van der Waals surface area (Å²) in [4.78, 5) is 0. The Bertz CT molecular complexity index is 292. The van der Waals surface area contributed by atoms with E-state index in [0.717, 1.165) is 6.42 Å². The van der Waals surface area contributed by atoms with E-state index in [-0.39, 0.29) is 18.4 Å². The van der Waals surface area contributed by atoms with Crippen LogP contribution in [0.25, 0.3) is 0 Å². The summed E-state index contributed by atoms with van der Waals surface area (Å²) in [5, 5.41) is 0. The molecule has 0 aromatic rings. The van der Waals surface area contributed by atoms with Crippen molar-refractivity contribution in [3.63, 3.8) is 0 Å². The third kappa shape index (κ3) is 3.14. The molecule has 2 N–H and O–H groups in total. The van der Waals surface area contributed by atoms with Crippen LogP contribution in [0.3, 0.4) is 0 Å². The van der Waals surface area contributed by atoms with E-state index in [4.69, 9.17) is 10.5 Å². The van der Waals surface area contributed by atoms with Crippen LogP contribution in [0.5, 0.6) is 0 Å². The Kier molecular flexibility index (Phi) is 4.51. The summed E-state index contributed by atoms with van der Waals surface area (Å²) in [5.74, 6) is 0.364. The lowest BCUT2D eigenvalue weighted by atomic mass is 10.1. The highest BCUT2D eigenvalue weighted by molar-refractivity contribution is 7.89. The van der Waals surface area contributed by atoms with Crippen LogP contribution in [0.1, 0.15) is 13.3 Å². The van der Waals surface area contributed by atoms with E-state index in [9.17, 15) is 8.42 Å². The molecule has 0 radical (unpaired) electrons. The summed E-state index contributed by atoms with van der Waals surface area (Å²) in [6, 6.07) is 0.0698. The largest absolute Gasteiger partial charge is 0.384 e. The Labute approximate surface area is 91.6 Å². The lowest BCUT2D eigenvalue weighted by Gasteiger charge is -2.20. The number of methoxy groups -OCH3 is 1. The van der Waals surface area contributed by atoms with Crippen LogP contribution in [0.2, 0.25) is 0 Å². The van der Waals surface area contributed by atoms with Crippen molar-refractivity contribution in [2.24, 2.45) is 11.7 Å². The minimum Gasteiger partial charge on any atom is -0.384 e. The van der Waals surface area contributed by atoms with Crippen molar-refractivity contribution in [2.45, 2.75) is 19.4 Å². The standard InChI is InChI=1S/C9H20N2O3S/c1-8-5-9(6-10)7-11(8)15(12,13)4-3-14-2/h8-9H,3-7,10H2,1-2H3. The van der Waals surface area contributed by atoms with Gasteiger partial charge in [0.05, 0.1) is 12.4 Å². The summed E-state index contributed by atoms with van der Waals surface area (Å²) in [5.41, 5.74) is 5.56. The van der Waals surface area contributed by atoms with Gasteiger partial charge in [0.25, 0.3) is 0 Å². The van der Waals surface area contributed by atoms with Crippen molar-refractivity contribution >= 4 is 10.0 Å². The molecule has 2 unspecified atom stereocenters. The molecule has 0 aromatic carbocycles. The SMILES string of the molecule is COCCS(=O)(=O)N1CC(CN)CC1C. The number of rotatable bonds is 5. The second kappa shape index (κ2) is 5.25. The fourth-order valence-electron chi connectivity index (χ4n) is 1.97. The van der Waals surface area contributed by atoms with Gasteiger partial charge in [-0.1, -0.05) is 0 Å². The maximum Gasteiger partial charge on any atom is 0.216 e. The maximum absolute atomic E-state index is 11.9. The number of nitrogens with two attached hydrogens (primary N) is 1. The fraction of sp³-hybridized carbons (Fsp3) is 1.00. The monoisotopic (exact) mass is 236 g/mol. The summed E-state index contributed by atoms with van der Waals surface area (Å²) < 4.78 is 30.1. The van der Waals surface area contributed by atoms with Crippen molar-refractivity contribution in [3.8, 4) is 0 Å². The minimum atomic E-state index is -3.16. The van der Waals surface area contributed by atoms with Gasteiger partial charge in [0.15, 0.2) is 0 Å². The van der Waals surface area contributed by atoms with Gasteiger partial charge in [-0.2, -0.15) is 4.31 Å². The van der Waals surface area contributed by atoms with Crippen LogP contribution in [-0.2, 0) is 14.8 Å². The number of ether oxygens (including phenoxy) is 1. The normalized spacial score (nSPS) is 28.5. The van der Waals surface area contributed by atoms with Gasteiger partial charge in [0.1, 0.15) is 0 Å². The number of sulfonamides is 1.